The third-order valence-corrected chi connectivity index (χ3v) is 4.35. The molecular weight excluding hydrogens is 397 g/mol. The van der Waals surface area contributed by atoms with Crippen LogP contribution in [0.1, 0.15) is 33.6 Å². The van der Waals surface area contributed by atoms with E-state index >= 15 is 0 Å². The summed E-state index contributed by atoms with van der Waals surface area (Å²) in [6.45, 7) is 6.41. The molecule has 1 amide bonds. The maximum atomic E-state index is 13.5. The van der Waals surface area contributed by atoms with E-state index in [4.69, 9.17) is 4.74 Å². The summed E-state index contributed by atoms with van der Waals surface area (Å²) in [6.07, 6.45) is 0.873. The van der Waals surface area contributed by atoms with Crippen LogP contribution in [0, 0.1) is 15.9 Å². The van der Waals surface area contributed by atoms with Gasteiger partial charge in [0.2, 0.25) is 0 Å². The number of nitro benzene ring substituents is 1. The lowest BCUT2D eigenvalue weighted by molar-refractivity contribution is -0.384. The van der Waals surface area contributed by atoms with Crippen molar-refractivity contribution >= 4 is 33.4 Å². The highest BCUT2D eigenvalue weighted by molar-refractivity contribution is 9.10. The smallest absolute Gasteiger partial charge is 0.410 e. The molecule has 1 saturated heterocycles. The zero-order valence-corrected chi connectivity index (χ0v) is 15.9. The molecule has 1 aromatic carbocycles. The first-order valence-electron chi connectivity index (χ1n) is 7.95. The predicted molar refractivity (Wildman–Crippen MR) is 95.2 cm³/mol. The summed E-state index contributed by atoms with van der Waals surface area (Å²) in [7, 11) is 0. The van der Waals surface area contributed by atoms with Gasteiger partial charge in [-0.1, -0.05) is 0 Å². The number of amides is 1. The number of halogens is 2. The van der Waals surface area contributed by atoms with Crippen LogP contribution < -0.4 is 5.32 Å². The first-order valence-corrected chi connectivity index (χ1v) is 8.74. The topological polar surface area (TPSA) is 84.7 Å². The molecule has 9 heteroatoms. The van der Waals surface area contributed by atoms with Crippen molar-refractivity contribution in [3.05, 3.63) is 32.5 Å². The molecule has 138 valence electrons. The van der Waals surface area contributed by atoms with Crippen LogP contribution in [0.15, 0.2) is 16.6 Å². The SMILES string of the molecule is CC(C)(C)OC(=O)N1CCC(Nc2cc(Br)c(F)cc2[N+](=O)[O-])CC1. The summed E-state index contributed by atoms with van der Waals surface area (Å²) in [5.74, 6) is -0.683. The lowest BCUT2D eigenvalue weighted by atomic mass is 10.0. The van der Waals surface area contributed by atoms with Crippen molar-refractivity contribution in [1.82, 2.24) is 4.90 Å². The van der Waals surface area contributed by atoms with Crippen molar-refractivity contribution in [2.75, 3.05) is 18.4 Å². The van der Waals surface area contributed by atoms with Gasteiger partial charge in [-0.15, -0.1) is 0 Å². The molecule has 0 aromatic heterocycles. The number of carbonyl (C=O) groups excluding carboxylic acids is 1. The lowest BCUT2D eigenvalue weighted by Crippen LogP contribution is -2.44. The van der Waals surface area contributed by atoms with Gasteiger partial charge < -0.3 is 15.0 Å². The van der Waals surface area contributed by atoms with Crippen LogP contribution in [0.5, 0.6) is 0 Å². The Bertz CT molecular complexity index is 670. The Hall–Kier alpha value is -1.90. The Morgan fingerprint density at radius 1 is 1.40 bits per heavy atom. The fourth-order valence-corrected chi connectivity index (χ4v) is 2.90. The minimum atomic E-state index is -0.683. The van der Waals surface area contributed by atoms with E-state index in [9.17, 15) is 19.3 Å². The van der Waals surface area contributed by atoms with Gasteiger partial charge in [-0.25, -0.2) is 9.18 Å². The number of carbonyl (C=O) groups is 1. The molecule has 0 atom stereocenters. The third kappa shape index (κ3) is 5.29. The zero-order valence-electron chi connectivity index (χ0n) is 14.3. The number of likely N-dealkylation sites (tertiary alicyclic amines) is 1. The van der Waals surface area contributed by atoms with Gasteiger partial charge in [-0.2, -0.15) is 0 Å². The quantitative estimate of drug-likeness (QED) is 0.584. The number of nitrogens with one attached hydrogen (secondary N) is 1. The summed E-state index contributed by atoms with van der Waals surface area (Å²) in [4.78, 5) is 24.2. The van der Waals surface area contributed by atoms with Crippen LogP contribution >= 0.6 is 15.9 Å². The first kappa shape index (κ1) is 19.4. The van der Waals surface area contributed by atoms with Crippen molar-refractivity contribution in [1.29, 1.82) is 0 Å². The van der Waals surface area contributed by atoms with Gasteiger partial charge in [0.05, 0.1) is 15.5 Å². The van der Waals surface area contributed by atoms with Crippen molar-refractivity contribution in [2.24, 2.45) is 0 Å². The monoisotopic (exact) mass is 417 g/mol. The van der Waals surface area contributed by atoms with Crippen molar-refractivity contribution in [3.8, 4) is 0 Å². The molecule has 0 bridgehead atoms. The molecule has 1 aliphatic heterocycles. The van der Waals surface area contributed by atoms with E-state index in [1.807, 2.05) is 20.8 Å². The minimum Gasteiger partial charge on any atom is -0.444 e. The average Bonchev–Trinajstić information content (AvgIpc) is 2.49. The van der Waals surface area contributed by atoms with Crippen LogP contribution in [-0.2, 0) is 4.74 Å². The summed E-state index contributed by atoms with van der Waals surface area (Å²) in [6, 6.07) is 2.21. The molecule has 0 unspecified atom stereocenters. The lowest BCUT2D eigenvalue weighted by Gasteiger charge is -2.34. The van der Waals surface area contributed by atoms with Gasteiger partial charge in [0, 0.05) is 19.1 Å². The molecule has 0 saturated carbocycles. The minimum absolute atomic E-state index is 0.0465. The van der Waals surface area contributed by atoms with Crippen LogP contribution in [-0.4, -0.2) is 40.6 Å². The van der Waals surface area contributed by atoms with E-state index in [0.29, 0.717) is 25.9 Å². The maximum Gasteiger partial charge on any atom is 0.410 e. The second-order valence-electron chi connectivity index (χ2n) is 6.93. The average molecular weight is 418 g/mol. The number of rotatable bonds is 3. The van der Waals surface area contributed by atoms with Gasteiger partial charge in [-0.3, -0.25) is 10.1 Å². The Labute approximate surface area is 153 Å². The standard InChI is InChI=1S/C16H21BrFN3O4/c1-16(2,3)25-15(22)20-6-4-10(5-7-20)19-13-8-11(17)12(18)9-14(13)21(23)24/h8-10,19H,4-7H2,1-3H3. The van der Waals surface area contributed by atoms with E-state index in [1.165, 1.54) is 6.07 Å². The van der Waals surface area contributed by atoms with E-state index < -0.39 is 16.3 Å². The fourth-order valence-electron chi connectivity index (χ4n) is 2.56. The molecule has 1 fully saturated rings. The highest BCUT2D eigenvalue weighted by Crippen LogP contribution is 2.32. The molecule has 7 nitrogen and oxygen atoms in total. The Balaban J connectivity index is 2.00. The van der Waals surface area contributed by atoms with E-state index in [2.05, 4.69) is 21.2 Å². The normalized spacial score (nSPS) is 15.8. The predicted octanol–water partition coefficient (Wildman–Crippen LogP) is 4.31. The molecule has 1 aromatic rings. The largest absolute Gasteiger partial charge is 0.444 e. The number of piperidine rings is 1. The summed E-state index contributed by atoms with van der Waals surface area (Å²) in [5.41, 5.74) is -0.600. The number of nitro groups is 1. The Morgan fingerprint density at radius 2 is 2.00 bits per heavy atom. The number of hydrogen-bond acceptors (Lipinski definition) is 5. The second kappa shape index (κ2) is 7.55. The van der Waals surface area contributed by atoms with Gasteiger partial charge in [-0.05, 0) is 55.6 Å². The number of anilines is 1. The van der Waals surface area contributed by atoms with E-state index in [1.54, 1.807) is 4.90 Å². The highest BCUT2D eigenvalue weighted by atomic mass is 79.9. The van der Waals surface area contributed by atoms with Gasteiger partial charge in [0.15, 0.2) is 0 Å². The summed E-state index contributed by atoms with van der Waals surface area (Å²) >= 11 is 3.04. The fraction of sp³-hybridized carbons (Fsp3) is 0.562. The van der Waals surface area contributed by atoms with E-state index in [0.717, 1.165) is 6.07 Å². The van der Waals surface area contributed by atoms with Crippen LogP contribution in [0.3, 0.4) is 0 Å². The highest BCUT2D eigenvalue weighted by Gasteiger charge is 2.28. The number of hydrogen-bond donors (Lipinski definition) is 1. The molecule has 1 aliphatic rings. The number of benzene rings is 1. The van der Waals surface area contributed by atoms with Crippen LogP contribution in [0.25, 0.3) is 0 Å². The summed E-state index contributed by atoms with van der Waals surface area (Å²) in [5, 5.41) is 14.2. The molecule has 25 heavy (non-hydrogen) atoms. The zero-order chi connectivity index (χ0) is 18.8. The number of ether oxygens (including phenoxy) is 1. The molecule has 2 rings (SSSR count). The van der Waals surface area contributed by atoms with Crippen molar-refractivity contribution in [3.63, 3.8) is 0 Å². The number of nitrogens with zero attached hydrogens (tertiary/aromatic N) is 2. The van der Waals surface area contributed by atoms with E-state index in [-0.39, 0.29) is 28.0 Å². The first-order chi connectivity index (χ1) is 11.6. The molecule has 0 radical (unpaired) electrons. The van der Waals surface area contributed by atoms with Crippen LogP contribution in [0.4, 0.5) is 20.6 Å². The van der Waals surface area contributed by atoms with Crippen molar-refractivity contribution < 1.29 is 18.8 Å². The molecule has 0 spiro atoms. The van der Waals surface area contributed by atoms with Gasteiger partial charge >= 0.3 is 6.09 Å². The summed E-state index contributed by atoms with van der Waals surface area (Å²) < 4.78 is 19.0. The molecule has 1 N–H and O–H groups in total. The van der Waals surface area contributed by atoms with Crippen molar-refractivity contribution in [2.45, 2.75) is 45.3 Å². The molecule has 0 aliphatic carbocycles. The maximum absolute atomic E-state index is 13.5. The van der Waals surface area contributed by atoms with Gasteiger partial charge in [0.1, 0.15) is 17.1 Å². The third-order valence-electron chi connectivity index (χ3n) is 3.74. The molecule has 1 heterocycles. The molecular formula is C16H21BrFN3O4. The second-order valence-corrected chi connectivity index (χ2v) is 7.78. The van der Waals surface area contributed by atoms with Gasteiger partial charge in [0.25, 0.3) is 5.69 Å². The Morgan fingerprint density at radius 3 is 2.52 bits per heavy atom. The Kier molecular flexibility index (Phi) is 5.87. The van der Waals surface area contributed by atoms with Crippen LogP contribution in [0.2, 0.25) is 0 Å².